The Labute approximate surface area is 260 Å². The predicted octanol–water partition coefficient (Wildman–Crippen LogP) is 7.95. The summed E-state index contributed by atoms with van der Waals surface area (Å²) in [6.07, 6.45) is 3.57. The van der Waals surface area contributed by atoms with E-state index in [-0.39, 0.29) is 16.7 Å². The smallest absolute Gasteiger partial charge is 0.249 e. The molecular formula is C35H46N2O5S. The summed E-state index contributed by atoms with van der Waals surface area (Å²) in [7, 11) is 4.76. The van der Waals surface area contributed by atoms with Crippen LogP contribution in [0.5, 0.6) is 23.0 Å². The molecule has 1 amide bonds. The molecule has 8 heteroatoms. The molecule has 1 aliphatic rings. The molecule has 0 bridgehead atoms. The average Bonchev–Trinajstić information content (AvgIpc) is 3.46. The second-order valence-electron chi connectivity index (χ2n) is 13.3. The molecule has 2 aromatic carbocycles. The highest BCUT2D eigenvalue weighted by Crippen LogP contribution is 2.43. The summed E-state index contributed by atoms with van der Waals surface area (Å²) in [6, 6.07) is 7.77. The Bertz CT molecular complexity index is 1470. The quantitative estimate of drug-likeness (QED) is 0.275. The minimum Gasteiger partial charge on any atom is -0.507 e. The molecule has 0 atom stereocenters. The van der Waals surface area contributed by atoms with E-state index in [0.717, 1.165) is 45.8 Å². The molecule has 0 radical (unpaired) electrons. The van der Waals surface area contributed by atoms with E-state index in [1.807, 2.05) is 24.0 Å². The molecule has 43 heavy (non-hydrogen) atoms. The van der Waals surface area contributed by atoms with Gasteiger partial charge in [0.05, 0.1) is 32.0 Å². The van der Waals surface area contributed by atoms with Crippen LogP contribution in [0.1, 0.15) is 88.9 Å². The molecule has 1 aromatic heterocycles. The normalized spacial score (nSPS) is 15.0. The maximum Gasteiger partial charge on any atom is 0.249 e. The highest BCUT2D eigenvalue weighted by Gasteiger charge is 2.29. The molecule has 0 saturated carbocycles. The maximum atomic E-state index is 13.4. The third-order valence-electron chi connectivity index (χ3n) is 8.12. The zero-order valence-corrected chi connectivity index (χ0v) is 28.1. The van der Waals surface area contributed by atoms with E-state index in [1.165, 1.54) is 0 Å². The van der Waals surface area contributed by atoms with Crippen LogP contribution >= 0.6 is 11.3 Å². The third-order valence-corrected chi connectivity index (χ3v) is 9.13. The van der Waals surface area contributed by atoms with Crippen LogP contribution in [0, 0.1) is 0 Å². The second-order valence-corrected chi connectivity index (χ2v) is 14.2. The largest absolute Gasteiger partial charge is 0.507 e. The number of phenols is 1. The maximum absolute atomic E-state index is 13.4. The van der Waals surface area contributed by atoms with Crippen LogP contribution in [0.2, 0.25) is 0 Å². The molecule has 1 fully saturated rings. The topological polar surface area (TPSA) is 81.1 Å². The van der Waals surface area contributed by atoms with Crippen molar-refractivity contribution >= 4 is 23.3 Å². The summed E-state index contributed by atoms with van der Waals surface area (Å²) in [4.78, 5) is 20.4. The van der Waals surface area contributed by atoms with E-state index >= 15 is 0 Å². The monoisotopic (exact) mass is 606 g/mol. The molecule has 7 nitrogen and oxygen atoms in total. The molecule has 0 aliphatic carbocycles. The van der Waals surface area contributed by atoms with Gasteiger partial charge in [-0.2, -0.15) is 0 Å². The molecule has 0 unspecified atom stereocenters. The van der Waals surface area contributed by atoms with E-state index < -0.39 is 0 Å². The number of thiazole rings is 1. The van der Waals surface area contributed by atoms with Crippen LogP contribution in [0.3, 0.4) is 0 Å². The first-order valence-electron chi connectivity index (χ1n) is 14.8. The summed E-state index contributed by atoms with van der Waals surface area (Å²) < 4.78 is 16.4. The summed E-state index contributed by atoms with van der Waals surface area (Å²) in [6.45, 7) is 15.9. The third kappa shape index (κ3) is 7.01. The van der Waals surface area contributed by atoms with Crippen LogP contribution in [0.25, 0.3) is 17.3 Å². The Balaban J connectivity index is 1.50. The molecule has 0 spiro atoms. The van der Waals surface area contributed by atoms with E-state index in [2.05, 4.69) is 59.1 Å². The first-order valence-corrected chi connectivity index (χ1v) is 15.7. The Kier molecular flexibility index (Phi) is 9.50. The number of phenolic OH excluding ortho intramolecular Hbond substituents is 1. The van der Waals surface area contributed by atoms with Crippen molar-refractivity contribution in [2.75, 3.05) is 34.4 Å². The SMILES string of the molecule is COc1cc(OC)c(OC)cc1C=C(C)C(=O)N1CCC(c2nc(-c3cc(C(C)(C)C)c(O)c(C(C)(C)C)c3)cs2)CC1. The van der Waals surface area contributed by atoms with Crippen LogP contribution in [0.15, 0.2) is 35.2 Å². The minimum absolute atomic E-state index is 0.0172. The number of aromatic nitrogens is 1. The lowest BCUT2D eigenvalue weighted by Crippen LogP contribution is -2.38. The molecule has 232 valence electrons. The molecule has 4 rings (SSSR count). The Morgan fingerprint density at radius 1 is 0.907 bits per heavy atom. The van der Waals surface area contributed by atoms with Crippen molar-refractivity contribution in [3.05, 3.63) is 56.9 Å². The Hall–Kier alpha value is -3.52. The Morgan fingerprint density at radius 3 is 1.95 bits per heavy atom. The molecule has 1 aliphatic heterocycles. The number of nitrogens with zero attached hydrogens (tertiary/aromatic N) is 2. The number of likely N-dealkylation sites (tertiary alicyclic amines) is 1. The van der Waals surface area contributed by atoms with Gasteiger partial charge in [-0.05, 0) is 54.9 Å². The number of carbonyl (C=O) groups excluding carboxylic acids is 1. The number of methoxy groups -OCH3 is 3. The van der Waals surface area contributed by atoms with Crippen LogP contribution in [-0.4, -0.2) is 55.3 Å². The highest BCUT2D eigenvalue weighted by atomic mass is 32.1. The zero-order valence-electron chi connectivity index (χ0n) is 27.3. The molecule has 1 saturated heterocycles. The summed E-state index contributed by atoms with van der Waals surface area (Å²) in [5, 5.41) is 14.4. The van der Waals surface area contributed by atoms with Crippen molar-refractivity contribution in [3.63, 3.8) is 0 Å². The highest BCUT2D eigenvalue weighted by molar-refractivity contribution is 7.10. The Morgan fingerprint density at radius 2 is 1.44 bits per heavy atom. The molecule has 1 N–H and O–H groups in total. The van der Waals surface area contributed by atoms with Gasteiger partial charge in [-0.15, -0.1) is 11.3 Å². The number of hydrogen-bond donors (Lipinski definition) is 1. The minimum atomic E-state index is -0.199. The van der Waals surface area contributed by atoms with Gasteiger partial charge in [-0.25, -0.2) is 4.98 Å². The van der Waals surface area contributed by atoms with E-state index in [0.29, 0.717) is 47.6 Å². The fourth-order valence-corrected chi connectivity index (χ4v) is 6.57. The number of piperidine rings is 1. The molecule has 2 heterocycles. The van der Waals surface area contributed by atoms with Crippen LogP contribution in [-0.2, 0) is 15.6 Å². The summed E-state index contributed by atoms with van der Waals surface area (Å²) in [5.41, 5.74) is 4.85. The van der Waals surface area contributed by atoms with Gasteiger partial charge in [0.1, 0.15) is 11.5 Å². The zero-order chi connectivity index (χ0) is 31.7. The van der Waals surface area contributed by atoms with Gasteiger partial charge in [0.25, 0.3) is 0 Å². The van der Waals surface area contributed by atoms with Gasteiger partial charge in [0, 0.05) is 58.3 Å². The van der Waals surface area contributed by atoms with Crippen molar-refractivity contribution < 1.29 is 24.1 Å². The summed E-state index contributed by atoms with van der Waals surface area (Å²) >= 11 is 1.69. The van der Waals surface area contributed by atoms with Gasteiger partial charge in [-0.1, -0.05) is 41.5 Å². The second kappa shape index (κ2) is 12.6. The van der Waals surface area contributed by atoms with Crippen molar-refractivity contribution in [1.29, 1.82) is 0 Å². The van der Waals surface area contributed by atoms with Gasteiger partial charge < -0.3 is 24.2 Å². The predicted molar refractivity (Wildman–Crippen MR) is 175 cm³/mol. The summed E-state index contributed by atoms with van der Waals surface area (Å²) in [5.74, 6) is 2.46. The number of ether oxygens (including phenoxy) is 3. The van der Waals surface area contributed by atoms with Crippen molar-refractivity contribution in [1.82, 2.24) is 9.88 Å². The standard InChI is InChI=1S/C35H46N2O5S/c1-21(15-24-18-29(41-9)30(42-10)19-28(24)40-8)33(39)37-13-11-22(12-14-37)32-36-27(20-43-32)23-16-25(34(2,3)4)31(38)26(17-23)35(5,6)7/h15-20,22,38H,11-14H2,1-10H3. The number of rotatable bonds is 7. The van der Waals surface area contributed by atoms with Gasteiger partial charge in [0.15, 0.2) is 11.5 Å². The van der Waals surface area contributed by atoms with E-state index in [9.17, 15) is 9.90 Å². The van der Waals surface area contributed by atoms with Crippen molar-refractivity contribution in [2.45, 2.75) is 78.1 Å². The first kappa shape index (κ1) is 32.4. The number of hydrogen-bond acceptors (Lipinski definition) is 7. The lowest BCUT2D eigenvalue weighted by atomic mass is 9.78. The number of amides is 1. The first-order chi connectivity index (χ1) is 20.2. The molecular weight excluding hydrogens is 560 g/mol. The number of benzene rings is 2. The van der Waals surface area contributed by atoms with Crippen LogP contribution in [0.4, 0.5) is 0 Å². The number of aromatic hydroxyl groups is 1. The van der Waals surface area contributed by atoms with E-state index in [1.54, 1.807) is 38.7 Å². The fourth-order valence-electron chi connectivity index (χ4n) is 5.57. The van der Waals surface area contributed by atoms with Crippen LogP contribution < -0.4 is 14.2 Å². The fraction of sp³-hybridized carbons (Fsp3) is 0.486. The van der Waals surface area contributed by atoms with Gasteiger partial charge in [-0.3, -0.25) is 4.79 Å². The average molecular weight is 607 g/mol. The van der Waals surface area contributed by atoms with Crippen molar-refractivity contribution in [2.24, 2.45) is 0 Å². The molecule has 3 aromatic rings. The van der Waals surface area contributed by atoms with E-state index in [4.69, 9.17) is 19.2 Å². The van der Waals surface area contributed by atoms with Gasteiger partial charge >= 0.3 is 0 Å². The number of carbonyl (C=O) groups is 1. The van der Waals surface area contributed by atoms with Gasteiger partial charge in [0.2, 0.25) is 5.91 Å². The lowest BCUT2D eigenvalue weighted by molar-refractivity contribution is -0.128. The lowest BCUT2D eigenvalue weighted by Gasteiger charge is -2.31. The van der Waals surface area contributed by atoms with Crippen molar-refractivity contribution in [3.8, 4) is 34.3 Å².